The molecular formula is C16H12Cl2N2O4. The van der Waals surface area contributed by atoms with Crippen molar-refractivity contribution in [3.63, 3.8) is 0 Å². The summed E-state index contributed by atoms with van der Waals surface area (Å²) < 4.78 is 4.89. The summed E-state index contributed by atoms with van der Waals surface area (Å²) in [6.45, 7) is -0.476. The Labute approximate surface area is 147 Å². The molecule has 6 nitrogen and oxygen atoms in total. The monoisotopic (exact) mass is 366 g/mol. The Balaban J connectivity index is 1.89. The number of esters is 1. The number of carbonyl (C=O) groups excluding carboxylic acids is 3. The Bertz CT molecular complexity index is 791. The van der Waals surface area contributed by atoms with E-state index in [1.807, 2.05) is 0 Å². The molecule has 124 valence electrons. The molecule has 0 spiro atoms. The molecule has 2 aromatic rings. The molecule has 0 bridgehead atoms. The van der Waals surface area contributed by atoms with Gasteiger partial charge in [0.05, 0.1) is 15.6 Å². The van der Waals surface area contributed by atoms with E-state index in [1.54, 1.807) is 0 Å². The second-order valence-corrected chi connectivity index (χ2v) is 5.51. The van der Waals surface area contributed by atoms with Crippen molar-refractivity contribution in [2.24, 2.45) is 5.73 Å². The lowest BCUT2D eigenvalue weighted by atomic mass is 10.2. The number of carbonyl (C=O) groups is 3. The zero-order valence-electron chi connectivity index (χ0n) is 12.2. The third-order valence-corrected chi connectivity index (χ3v) is 3.68. The van der Waals surface area contributed by atoms with Crippen LogP contribution in [0.2, 0.25) is 10.0 Å². The Morgan fingerprint density at radius 2 is 1.58 bits per heavy atom. The van der Waals surface area contributed by atoms with Gasteiger partial charge < -0.3 is 15.8 Å². The van der Waals surface area contributed by atoms with Crippen molar-refractivity contribution in [2.75, 3.05) is 11.9 Å². The van der Waals surface area contributed by atoms with Crippen molar-refractivity contribution < 1.29 is 19.1 Å². The molecule has 0 fully saturated rings. The number of halogens is 2. The first-order valence-corrected chi connectivity index (χ1v) is 7.44. The van der Waals surface area contributed by atoms with Gasteiger partial charge in [0.25, 0.3) is 5.91 Å². The number of ether oxygens (including phenoxy) is 1. The van der Waals surface area contributed by atoms with Crippen molar-refractivity contribution in [1.82, 2.24) is 0 Å². The minimum Gasteiger partial charge on any atom is -0.452 e. The molecule has 0 saturated carbocycles. The number of amides is 2. The topological polar surface area (TPSA) is 98.5 Å². The molecule has 0 aliphatic heterocycles. The number of nitrogens with two attached hydrogens (primary N) is 1. The summed E-state index contributed by atoms with van der Waals surface area (Å²) in [7, 11) is 0. The van der Waals surface area contributed by atoms with Crippen molar-refractivity contribution in [3.8, 4) is 0 Å². The average Bonchev–Trinajstić information content (AvgIpc) is 2.55. The number of rotatable bonds is 5. The lowest BCUT2D eigenvalue weighted by Gasteiger charge is -2.07. The van der Waals surface area contributed by atoms with Crippen LogP contribution in [0.25, 0.3) is 0 Å². The number of primary amides is 1. The van der Waals surface area contributed by atoms with Crippen LogP contribution >= 0.6 is 23.2 Å². The zero-order valence-corrected chi connectivity index (χ0v) is 13.7. The Hall–Kier alpha value is -2.57. The summed E-state index contributed by atoms with van der Waals surface area (Å²) in [5.41, 5.74) is 6.06. The van der Waals surface area contributed by atoms with Crippen LogP contribution in [0, 0.1) is 0 Å². The van der Waals surface area contributed by atoms with E-state index < -0.39 is 24.4 Å². The van der Waals surface area contributed by atoms with Crippen LogP contribution in [0.3, 0.4) is 0 Å². The lowest BCUT2D eigenvalue weighted by molar-refractivity contribution is -0.119. The molecule has 0 radical (unpaired) electrons. The molecule has 0 aliphatic rings. The largest absolute Gasteiger partial charge is 0.452 e. The van der Waals surface area contributed by atoms with Crippen LogP contribution in [-0.2, 0) is 9.53 Å². The summed E-state index contributed by atoms with van der Waals surface area (Å²) in [6.07, 6.45) is 0. The Morgan fingerprint density at radius 1 is 0.958 bits per heavy atom. The van der Waals surface area contributed by atoms with Gasteiger partial charge in [0.15, 0.2) is 6.61 Å². The number of benzene rings is 2. The van der Waals surface area contributed by atoms with Crippen LogP contribution in [0.1, 0.15) is 20.7 Å². The van der Waals surface area contributed by atoms with Crippen LogP contribution < -0.4 is 11.1 Å². The van der Waals surface area contributed by atoms with Gasteiger partial charge in [0.1, 0.15) is 0 Å². The quantitative estimate of drug-likeness (QED) is 0.794. The molecular weight excluding hydrogens is 355 g/mol. The second kappa shape index (κ2) is 7.81. The van der Waals surface area contributed by atoms with Gasteiger partial charge in [-0.2, -0.15) is 0 Å². The van der Waals surface area contributed by atoms with Gasteiger partial charge in [-0.3, -0.25) is 9.59 Å². The van der Waals surface area contributed by atoms with Gasteiger partial charge in [0, 0.05) is 11.3 Å². The molecule has 0 heterocycles. The fourth-order valence-corrected chi connectivity index (χ4v) is 2.05. The SMILES string of the molecule is NC(=O)c1ccc(NC(=O)COC(=O)c2ccc(Cl)c(Cl)c2)cc1. The van der Waals surface area contributed by atoms with Gasteiger partial charge in [-0.05, 0) is 42.5 Å². The van der Waals surface area contributed by atoms with E-state index in [1.165, 1.54) is 42.5 Å². The van der Waals surface area contributed by atoms with Gasteiger partial charge >= 0.3 is 5.97 Å². The summed E-state index contributed by atoms with van der Waals surface area (Å²) in [5, 5.41) is 3.04. The van der Waals surface area contributed by atoms with Crippen molar-refractivity contribution in [1.29, 1.82) is 0 Å². The van der Waals surface area contributed by atoms with Crippen LogP contribution in [0.15, 0.2) is 42.5 Å². The first-order chi connectivity index (χ1) is 11.4. The first kappa shape index (κ1) is 17.8. The highest BCUT2D eigenvalue weighted by Gasteiger charge is 2.12. The Kier molecular flexibility index (Phi) is 5.78. The highest BCUT2D eigenvalue weighted by Crippen LogP contribution is 2.22. The predicted octanol–water partition coefficient (Wildman–Crippen LogP) is 2.89. The van der Waals surface area contributed by atoms with Crippen LogP contribution in [0.4, 0.5) is 5.69 Å². The zero-order chi connectivity index (χ0) is 17.7. The van der Waals surface area contributed by atoms with Crippen molar-refractivity contribution in [2.45, 2.75) is 0 Å². The molecule has 2 amide bonds. The van der Waals surface area contributed by atoms with E-state index in [0.717, 1.165) is 0 Å². The molecule has 0 aliphatic carbocycles. The molecule has 3 N–H and O–H groups in total. The van der Waals surface area contributed by atoms with Gasteiger partial charge in [0.2, 0.25) is 5.91 Å². The summed E-state index contributed by atoms with van der Waals surface area (Å²) in [5.74, 6) is -1.80. The smallest absolute Gasteiger partial charge is 0.338 e. The maximum absolute atomic E-state index is 11.8. The molecule has 8 heteroatoms. The highest BCUT2D eigenvalue weighted by atomic mass is 35.5. The minimum atomic E-state index is -0.701. The van der Waals surface area contributed by atoms with Crippen LogP contribution in [0.5, 0.6) is 0 Å². The van der Waals surface area contributed by atoms with E-state index >= 15 is 0 Å². The maximum atomic E-state index is 11.8. The van der Waals surface area contributed by atoms with Crippen molar-refractivity contribution >= 4 is 46.7 Å². The Morgan fingerprint density at radius 3 is 2.17 bits per heavy atom. The van der Waals surface area contributed by atoms with Gasteiger partial charge in [-0.25, -0.2) is 4.79 Å². The molecule has 2 aromatic carbocycles. The van der Waals surface area contributed by atoms with Crippen molar-refractivity contribution in [3.05, 3.63) is 63.6 Å². The number of anilines is 1. The fraction of sp³-hybridized carbons (Fsp3) is 0.0625. The van der Waals surface area contributed by atoms with E-state index in [9.17, 15) is 14.4 Å². The fourth-order valence-electron chi connectivity index (χ4n) is 1.75. The number of nitrogens with one attached hydrogen (secondary N) is 1. The third kappa shape index (κ3) is 4.71. The van der Waals surface area contributed by atoms with E-state index in [-0.39, 0.29) is 10.6 Å². The second-order valence-electron chi connectivity index (χ2n) is 4.69. The predicted molar refractivity (Wildman–Crippen MR) is 90.3 cm³/mol. The van der Waals surface area contributed by atoms with Gasteiger partial charge in [-0.15, -0.1) is 0 Å². The van der Waals surface area contributed by atoms with Gasteiger partial charge in [-0.1, -0.05) is 23.2 Å². The molecule has 0 aromatic heterocycles. The molecule has 24 heavy (non-hydrogen) atoms. The summed E-state index contributed by atoms with van der Waals surface area (Å²) in [6, 6.07) is 10.2. The third-order valence-electron chi connectivity index (χ3n) is 2.94. The highest BCUT2D eigenvalue weighted by molar-refractivity contribution is 6.42. The van der Waals surface area contributed by atoms with E-state index in [2.05, 4.69) is 5.32 Å². The number of hydrogen-bond donors (Lipinski definition) is 2. The first-order valence-electron chi connectivity index (χ1n) is 6.68. The summed E-state index contributed by atoms with van der Waals surface area (Å²) >= 11 is 11.6. The normalized spacial score (nSPS) is 10.1. The standard InChI is InChI=1S/C16H12Cl2N2O4/c17-12-6-3-10(7-13(12)18)16(23)24-8-14(21)20-11-4-1-9(2-5-11)15(19)22/h1-7H,8H2,(H2,19,22)(H,20,21). The average molecular weight is 367 g/mol. The molecule has 0 unspecified atom stereocenters. The van der Waals surface area contributed by atoms with E-state index in [0.29, 0.717) is 16.3 Å². The maximum Gasteiger partial charge on any atom is 0.338 e. The molecule has 2 rings (SSSR count). The van der Waals surface area contributed by atoms with E-state index in [4.69, 9.17) is 33.7 Å². The summed E-state index contributed by atoms with van der Waals surface area (Å²) in [4.78, 5) is 34.5. The van der Waals surface area contributed by atoms with Crippen LogP contribution in [-0.4, -0.2) is 24.4 Å². The lowest BCUT2D eigenvalue weighted by Crippen LogP contribution is -2.21. The minimum absolute atomic E-state index is 0.183. The molecule has 0 saturated heterocycles. The number of hydrogen-bond acceptors (Lipinski definition) is 4. The molecule has 0 atom stereocenters.